The van der Waals surface area contributed by atoms with Crippen LogP contribution in [-0.2, 0) is 40.4 Å². The standard InChI is InChI=1S/C39H49ClN6O5S.C28H43N5O4S.C11H8ClNO2/c1-24-12-10-13-26-20-28(34(40)44-33(24)26)35(47)45-52(49,50)32-15-11-14-31(43-32)42-29(30-21-27(18-19-41-30)37(2,3)4)17-16-25-22-39(8,9)46(23-25)36(48)51-38(5,6)7;1-26(2,3)20-14-15-30-22(16-20)21(31-23-10-9-11-24(32-23)38(29,35)36)13-12-19-17-28(7,8)33(18-19)25(34)37-27(4,5)6;1-6-3-2-4-7-5-8(11(14)15)10(12)13-9(6)7/h10-15,18-21,25,29H,16-17,22-23H2,1-9H3,(H,42,43)(H,45,47);9-11,14-16,19,21H,12-13,17-18H2,1-8H3,(H,31,32)(H2,29,35,36);2-5H,1H3,(H,14,15)/t25-,29?;19-,21?;/m00./s1. The number of carboxylic acid groups (broad SMARTS) is 1. The number of benzene rings is 2. The lowest BCUT2D eigenvalue weighted by molar-refractivity contribution is 0.0118. The number of para-hydroxylation sites is 2. The van der Waals surface area contributed by atoms with E-state index in [9.17, 15) is 36.0 Å². The first-order valence-corrected chi connectivity index (χ1v) is 38.7. The summed E-state index contributed by atoms with van der Waals surface area (Å²) in [6, 6.07) is 31.0. The molecular weight excluding hydrogens is 1420 g/mol. The predicted octanol–water partition coefficient (Wildman–Crippen LogP) is 16.7. The van der Waals surface area contributed by atoms with Crippen molar-refractivity contribution < 1.29 is 50.6 Å². The quantitative estimate of drug-likeness (QED) is 0.0529. The molecule has 3 amide bonds. The van der Waals surface area contributed by atoms with Crippen molar-refractivity contribution in [1.82, 2.24) is 44.4 Å². The summed E-state index contributed by atoms with van der Waals surface area (Å²) < 4.78 is 64.2. The van der Waals surface area contributed by atoms with Gasteiger partial charge in [0.25, 0.3) is 26.0 Å². The summed E-state index contributed by atoms with van der Waals surface area (Å²) in [5, 5.41) is 21.8. The number of carbonyl (C=O) groups is 4. The summed E-state index contributed by atoms with van der Waals surface area (Å²) in [6.07, 6.45) is 7.57. The topological polar surface area (TPSA) is 321 Å². The molecule has 2 aliphatic rings. The van der Waals surface area contributed by atoms with E-state index in [1.54, 1.807) is 42.6 Å². The first-order valence-electron chi connectivity index (χ1n) is 34.9. The summed E-state index contributed by atoms with van der Waals surface area (Å²) in [6.45, 7) is 37.3. The number of nitrogens with two attached hydrogens (primary N) is 1. The molecule has 105 heavy (non-hydrogen) atoms. The molecule has 10 rings (SSSR count). The summed E-state index contributed by atoms with van der Waals surface area (Å²) in [5.41, 5.74) is 5.06. The summed E-state index contributed by atoms with van der Waals surface area (Å²) in [5.74, 6) is -0.792. The van der Waals surface area contributed by atoms with Gasteiger partial charge in [-0.25, -0.2) is 52.6 Å². The molecule has 4 atom stereocenters. The lowest BCUT2D eigenvalue weighted by atomic mass is 9.86. The van der Waals surface area contributed by atoms with Gasteiger partial charge in [-0.1, -0.05) is 113 Å². The minimum absolute atomic E-state index is 0.0318. The average molecular weight is 1520 g/mol. The van der Waals surface area contributed by atoms with E-state index < -0.39 is 43.1 Å². The fourth-order valence-corrected chi connectivity index (χ4v) is 14.8. The Morgan fingerprint density at radius 1 is 0.571 bits per heavy atom. The van der Waals surface area contributed by atoms with Crippen molar-refractivity contribution in [3.05, 3.63) is 177 Å². The Hall–Kier alpha value is -8.62. The number of rotatable bonds is 17. The lowest BCUT2D eigenvalue weighted by Gasteiger charge is -2.33. The Morgan fingerprint density at radius 2 is 0.962 bits per heavy atom. The molecule has 0 aliphatic carbocycles. The van der Waals surface area contributed by atoms with E-state index in [0.717, 1.165) is 70.2 Å². The van der Waals surface area contributed by atoms with Crippen LogP contribution >= 0.6 is 23.2 Å². The minimum Gasteiger partial charge on any atom is -0.478 e. The molecule has 564 valence electrons. The van der Waals surface area contributed by atoms with Crippen LogP contribution in [0.4, 0.5) is 21.2 Å². The minimum atomic E-state index is -4.40. The fraction of sp³-hybridized carbons (Fsp3) is 0.462. The van der Waals surface area contributed by atoms with Crippen molar-refractivity contribution in [2.45, 2.75) is 218 Å². The molecule has 2 aliphatic heterocycles. The van der Waals surface area contributed by atoms with Gasteiger partial charge in [-0.3, -0.25) is 14.8 Å². The second-order valence-corrected chi connectivity index (χ2v) is 36.2. The molecule has 27 heteroatoms. The largest absolute Gasteiger partial charge is 0.478 e. The van der Waals surface area contributed by atoms with Gasteiger partial charge in [0, 0.05) is 47.3 Å². The van der Waals surface area contributed by atoms with Crippen molar-refractivity contribution in [1.29, 1.82) is 0 Å². The van der Waals surface area contributed by atoms with Gasteiger partial charge >= 0.3 is 18.2 Å². The number of likely N-dealkylation sites (tertiary alicyclic amines) is 2. The second kappa shape index (κ2) is 32.2. The normalized spacial score (nSPS) is 16.6. The van der Waals surface area contributed by atoms with Crippen LogP contribution < -0.4 is 20.5 Å². The fourth-order valence-electron chi connectivity index (χ4n) is 12.9. The Morgan fingerprint density at radius 3 is 1.36 bits per heavy atom. The van der Waals surface area contributed by atoms with E-state index >= 15 is 0 Å². The number of nitrogens with zero attached hydrogens (tertiary/aromatic N) is 8. The molecule has 8 heterocycles. The number of fused-ring (bicyclic) bond motifs is 2. The number of aromatic nitrogens is 6. The molecule has 23 nitrogen and oxygen atoms in total. The highest BCUT2D eigenvalue weighted by Gasteiger charge is 2.45. The van der Waals surface area contributed by atoms with E-state index in [4.69, 9.17) is 47.9 Å². The van der Waals surface area contributed by atoms with Gasteiger partial charge in [-0.2, -0.15) is 8.42 Å². The number of nitrogens with one attached hydrogen (secondary N) is 3. The summed E-state index contributed by atoms with van der Waals surface area (Å²) in [7, 11) is -8.34. The molecule has 0 bridgehead atoms. The Balaban J connectivity index is 0.000000228. The highest BCUT2D eigenvalue weighted by Crippen LogP contribution is 2.41. The molecular formula is C78H100Cl2N12O11S2. The van der Waals surface area contributed by atoms with E-state index in [1.807, 2.05) is 114 Å². The highest BCUT2D eigenvalue weighted by atomic mass is 35.5. The molecule has 2 saturated heterocycles. The van der Waals surface area contributed by atoms with Crippen LogP contribution in [0.5, 0.6) is 0 Å². The van der Waals surface area contributed by atoms with Gasteiger partial charge in [-0.15, -0.1) is 0 Å². The first-order chi connectivity index (χ1) is 48.6. The molecule has 0 saturated carbocycles. The van der Waals surface area contributed by atoms with E-state index in [0.29, 0.717) is 48.5 Å². The van der Waals surface area contributed by atoms with Gasteiger partial charge in [0.2, 0.25) is 0 Å². The molecule has 2 unspecified atom stereocenters. The van der Waals surface area contributed by atoms with Crippen LogP contribution in [0, 0.1) is 25.7 Å². The van der Waals surface area contributed by atoms with Crippen LogP contribution in [0.3, 0.4) is 0 Å². The number of carbonyl (C=O) groups excluding carboxylic acids is 3. The van der Waals surface area contributed by atoms with Gasteiger partial charge < -0.3 is 35.0 Å². The number of halogens is 2. The van der Waals surface area contributed by atoms with Crippen molar-refractivity contribution in [2.24, 2.45) is 17.0 Å². The molecule has 0 spiro atoms. The molecule has 0 radical (unpaired) electrons. The van der Waals surface area contributed by atoms with Crippen LogP contribution in [-0.4, -0.2) is 121 Å². The van der Waals surface area contributed by atoms with E-state index in [2.05, 4.69) is 122 Å². The first kappa shape index (κ1) is 82.0. The maximum Gasteiger partial charge on any atom is 0.410 e. The zero-order valence-corrected chi connectivity index (χ0v) is 66.4. The Kier molecular flexibility index (Phi) is 25.2. The van der Waals surface area contributed by atoms with Crippen molar-refractivity contribution in [3.8, 4) is 0 Å². The molecule has 6 aromatic heterocycles. The molecule has 2 aromatic carbocycles. The number of pyridine rings is 6. The number of aromatic carboxylic acids is 1. The van der Waals surface area contributed by atoms with E-state index in [1.165, 1.54) is 18.2 Å². The SMILES string of the molecule is CC(C)(C)OC(=O)N1C[C@@H](CCC(Nc2cccc(S(N)(=O)=O)n2)c2cc(C(C)(C)C)ccn2)CC1(C)C.Cc1cccc2cc(C(=O)NS(=O)(=O)c3cccc(NC(CC[C@@H]4CN(C(=O)OC(C)(C)C)C(C)(C)C4)c4cc(C(C)(C)C)ccn4)n3)c(Cl)nc12.Cc1cccc2cc(C(=O)O)c(Cl)nc12. The smallest absolute Gasteiger partial charge is 0.410 e. The Labute approximate surface area is 627 Å². The predicted molar refractivity (Wildman–Crippen MR) is 412 cm³/mol. The van der Waals surface area contributed by atoms with Gasteiger partial charge in [0.1, 0.15) is 33.1 Å². The van der Waals surface area contributed by atoms with Crippen LogP contribution in [0.2, 0.25) is 10.3 Å². The maximum atomic E-state index is 13.5. The van der Waals surface area contributed by atoms with Gasteiger partial charge in [0.15, 0.2) is 10.1 Å². The van der Waals surface area contributed by atoms with Gasteiger partial charge in [0.05, 0.1) is 45.6 Å². The zero-order valence-electron chi connectivity index (χ0n) is 63.3. The number of anilines is 2. The second-order valence-electron chi connectivity index (χ2n) is 32.4. The molecule has 8 aromatic rings. The van der Waals surface area contributed by atoms with Crippen molar-refractivity contribution >= 4 is 101 Å². The number of primary sulfonamides is 1. The van der Waals surface area contributed by atoms with Crippen molar-refractivity contribution in [2.75, 3.05) is 23.7 Å². The van der Waals surface area contributed by atoms with E-state index in [-0.39, 0.29) is 89.5 Å². The third-order valence-electron chi connectivity index (χ3n) is 18.2. The highest BCUT2D eigenvalue weighted by molar-refractivity contribution is 7.90. The number of amides is 3. The van der Waals surface area contributed by atoms with Crippen molar-refractivity contribution in [3.63, 3.8) is 0 Å². The number of aryl methyl sites for hydroxylation is 2. The number of hydrogen-bond acceptors (Lipinski definition) is 18. The third-order valence-corrected chi connectivity index (χ3v) is 20.9. The number of sulfonamides is 2. The lowest BCUT2D eigenvalue weighted by Crippen LogP contribution is -2.45. The third kappa shape index (κ3) is 22.0. The number of ether oxygens (including phenoxy) is 2. The zero-order chi connectivity index (χ0) is 77.7. The van der Waals surface area contributed by atoms with Crippen LogP contribution in [0.25, 0.3) is 21.8 Å². The number of hydrogen-bond donors (Lipinski definition) is 5. The van der Waals surface area contributed by atoms with Gasteiger partial charge in [-0.05, 0) is 227 Å². The molecule has 2 fully saturated rings. The van der Waals surface area contributed by atoms with Crippen LogP contribution in [0.15, 0.2) is 132 Å². The number of carboxylic acids is 1. The summed E-state index contributed by atoms with van der Waals surface area (Å²) in [4.78, 5) is 80.1. The maximum absolute atomic E-state index is 13.5. The monoisotopic (exact) mass is 1510 g/mol. The molecule has 6 N–H and O–H groups in total. The average Bonchev–Trinajstić information content (AvgIpc) is 1.79. The van der Waals surface area contributed by atoms with Crippen LogP contribution in [0.1, 0.15) is 216 Å². The Bertz CT molecular complexity index is 4760. The summed E-state index contributed by atoms with van der Waals surface area (Å²) >= 11 is 12.1.